The molecule has 0 aliphatic heterocycles. The maximum Gasteiger partial charge on any atom is 0.213 e. The first kappa shape index (κ1) is 14.8. The molecule has 0 fully saturated rings. The molecule has 0 radical (unpaired) electrons. The van der Waals surface area contributed by atoms with Gasteiger partial charge in [-0.3, -0.25) is 0 Å². The van der Waals surface area contributed by atoms with Crippen molar-refractivity contribution in [2.45, 2.75) is 34.1 Å². The van der Waals surface area contributed by atoms with Crippen LogP contribution in [0.2, 0.25) is 0 Å². The Morgan fingerprint density at radius 1 is 0.909 bits per heavy atom. The minimum Gasteiger partial charge on any atom is -0.200 e. The Morgan fingerprint density at radius 3 is 2.41 bits per heavy atom. The van der Waals surface area contributed by atoms with E-state index in [-0.39, 0.29) is 0 Å². The molecule has 1 heterocycles. The Balaban J connectivity index is 2.28. The molecule has 112 valence electrons. The summed E-state index contributed by atoms with van der Waals surface area (Å²) in [7, 11) is 2.14. The number of nitrogens with zero attached hydrogens (tertiary/aromatic N) is 1. The monoisotopic (exact) mass is 290 g/mol. The minimum atomic E-state index is 1.08. The summed E-state index contributed by atoms with van der Waals surface area (Å²) in [6.45, 7) is 8.80. The van der Waals surface area contributed by atoms with E-state index in [2.05, 4.69) is 81.9 Å². The SMILES string of the molecule is CCc1ccc2c[n+](C)c(-c3cc(C)cc(C)c3C)cc2c1. The minimum absolute atomic E-state index is 1.08. The summed E-state index contributed by atoms with van der Waals surface area (Å²) in [5.74, 6) is 0. The van der Waals surface area contributed by atoms with Gasteiger partial charge in [-0.1, -0.05) is 30.7 Å². The molecular weight excluding hydrogens is 266 g/mol. The van der Waals surface area contributed by atoms with Crippen molar-refractivity contribution in [3.63, 3.8) is 0 Å². The van der Waals surface area contributed by atoms with E-state index in [0.717, 1.165) is 6.42 Å². The van der Waals surface area contributed by atoms with Crippen LogP contribution in [0.25, 0.3) is 22.0 Å². The largest absolute Gasteiger partial charge is 0.213 e. The molecule has 3 aromatic rings. The van der Waals surface area contributed by atoms with Gasteiger partial charge in [0.1, 0.15) is 7.05 Å². The van der Waals surface area contributed by atoms with Crippen LogP contribution in [0.1, 0.15) is 29.2 Å². The molecule has 2 aromatic carbocycles. The van der Waals surface area contributed by atoms with E-state index in [9.17, 15) is 0 Å². The van der Waals surface area contributed by atoms with Crippen LogP contribution < -0.4 is 4.57 Å². The van der Waals surface area contributed by atoms with Gasteiger partial charge in [-0.05, 0) is 61.4 Å². The van der Waals surface area contributed by atoms with Crippen LogP contribution in [0.15, 0.2) is 42.6 Å². The van der Waals surface area contributed by atoms with Gasteiger partial charge in [0.15, 0.2) is 6.20 Å². The van der Waals surface area contributed by atoms with Crippen molar-refractivity contribution >= 4 is 10.8 Å². The highest BCUT2D eigenvalue weighted by Gasteiger charge is 2.15. The van der Waals surface area contributed by atoms with Crippen molar-refractivity contribution in [2.75, 3.05) is 0 Å². The van der Waals surface area contributed by atoms with Crippen LogP contribution in [0.3, 0.4) is 0 Å². The summed E-state index contributed by atoms with van der Waals surface area (Å²) in [6, 6.07) is 13.7. The Bertz CT molecular complexity index is 859. The summed E-state index contributed by atoms with van der Waals surface area (Å²) in [6.07, 6.45) is 3.32. The topological polar surface area (TPSA) is 3.88 Å². The maximum absolute atomic E-state index is 2.33. The zero-order valence-electron chi connectivity index (χ0n) is 14.2. The van der Waals surface area contributed by atoms with Crippen LogP contribution in [0, 0.1) is 20.8 Å². The van der Waals surface area contributed by atoms with E-state index in [1.54, 1.807) is 0 Å². The summed E-state index contributed by atoms with van der Waals surface area (Å²) in [5, 5.41) is 2.62. The van der Waals surface area contributed by atoms with Crippen molar-refractivity contribution in [1.82, 2.24) is 0 Å². The second-order valence-electron chi connectivity index (χ2n) is 6.34. The second kappa shape index (κ2) is 5.57. The molecule has 0 saturated heterocycles. The third-order valence-corrected chi connectivity index (χ3v) is 4.65. The van der Waals surface area contributed by atoms with Crippen molar-refractivity contribution < 1.29 is 4.57 Å². The number of hydrogen-bond acceptors (Lipinski definition) is 0. The molecule has 1 heteroatoms. The molecular formula is C21H24N+. The number of rotatable bonds is 2. The molecule has 0 bridgehead atoms. The van der Waals surface area contributed by atoms with Gasteiger partial charge in [0.25, 0.3) is 0 Å². The zero-order chi connectivity index (χ0) is 15.9. The standard InChI is InChI=1S/C21H24N/c1-6-17-7-8-18-13-22(5)21(12-19(18)11-17)20-10-14(2)9-15(3)16(20)4/h7-13H,6H2,1-5H3/q+1. The lowest BCUT2D eigenvalue weighted by Crippen LogP contribution is -2.30. The number of fused-ring (bicyclic) bond motifs is 1. The van der Waals surface area contributed by atoms with Gasteiger partial charge in [0, 0.05) is 17.0 Å². The first-order valence-electron chi connectivity index (χ1n) is 8.00. The van der Waals surface area contributed by atoms with Crippen LogP contribution in [-0.4, -0.2) is 0 Å². The number of benzene rings is 2. The van der Waals surface area contributed by atoms with Crippen LogP contribution in [0.4, 0.5) is 0 Å². The predicted octanol–water partition coefficient (Wildman–Crippen LogP) is 4.82. The first-order valence-corrected chi connectivity index (χ1v) is 8.00. The Labute approximate surface area is 133 Å². The molecule has 0 N–H and O–H groups in total. The van der Waals surface area contributed by atoms with Crippen molar-refractivity contribution in [2.24, 2.45) is 7.05 Å². The van der Waals surface area contributed by atoms with Gasteiger partial charge < -0.3 is 0 Å². The molecule has 1 aromatic heterocycles. The van der Waals surface area contributed by atoms with Crippen molar-refractivity contribution in [3.05, 3.63) is 64.8 Å². The fourth-order valence-corrected chi connectivity index (χ4v) is 3.19. The molecule has 0 saturated carbocycles. The molecule has 1 nitrogen and oxygen atoms in total. The fraction of sp³-hybridized carbons (Fsp3) is 0.286. The average molecular weight is 290 g/mol. The quantitative estimate of drug-likeness (QED) is 0.596. The summed E-state index contributed by atoms with van der Waals surface area (Å²) >= 11 is 0. The molecule has 0 unspecified atom stereocenters. The second-order valence-corrected chi connectivity index (χ2v) is 6.34. The molecule has 0 aliphatic rings. The van der Waals surface area contributed by atoms with Gasteiger partial charge in [-0.2, -0.15) is 0 Å². The first-order chi connectivity index (χ1) is 10.5. The predicted molar refractivity (Wildman–Crippen MR) is 94.1 cm³/mol. The van der Waals surface area contributed by atoms with Crippen molar-refractivity contribution in [3.8, 4) is 11.3 Å². The Kier molecular flexibility index (Phi) is 3.74. The van der Waals surface area contributed by atoms with E-state index < -0.39 is 0 Å². The smallest absolute Gasteiger partial charge is 0.200 e. The van der Waals surface area contributed by atoms with Crippen molar-refractivity contribution in [1.29, 1.82) is 0 Å². The Morgan fingerprint density at radius 2 is 1.68 bits per heavy atom. The molecule has 0 spiro atoms. The molecule has 22 heavy (non-hydrogen) atoms. The fourth-order valence-electron chi connectivity index (χ4n) is 3.19. The number of hydrogen-bond donors (Lipinski definition) is 0. The normalized spacial score (nSPS) is 11.1. The van der Waals surface area contributed by atoms with Gasteiger partial charge in [0.05, 0.1) is 0 Å². The number of aromatic nitrogens is 1. The maximum atomic E-state index is 2.33. The van der Waals surface area contributed by atoms with E-state index in [4.69, 9.17) is 0 Å². The highest BCUT2D eigenvalue weighted by Crippen LogP contribution is 2.27. The van der Waals surface area contributed by atoms with E-state index in [0.29, 0.717) is 0 Å². The van der Waals surface area contributed by atoms with Gasteiger partial charge in [-0.15, -0.1) is 0 Å². The van der Waals surface area contributed by atoms with Gasteiger partial charge in [-0.25, -0.2) is 4.57 Å². The van der Waals surface area contributed by atoms with E-state index in [1.807, 2.05) is 0 Å². The highest BCUT2D eigenvalue weighted by atomic mass is 14.9. The molecule has 0 aliphatic carbocycles. The number of aryl methyl sites for hydroxylation is 4. The lowest BCUT2D eigenvalue weighted by Gasteiger charge is -2.10. The molecule has 0 atom stereocenters. The van der Waals surface area contributed by atoms with Gasteiger partial charge >= 0.3 is 0 Å². The average Bonchev–Trinajstić information content (AvgIpc) is 2.50. The van der Waals surface area contributed by atoms with Crippen LogP contribution in [0.5, 0.6) is 0 Å². The van der Waals surface area contributed by atoms with Crippen LogP contribution >= 0.6 is 0 Å². The lowest BCUT2D eigenvalue weighted by atomic mass is 9.96. The Hall–Kier alpha value is -2.15. The summed E-state index contributed by atoms with van der Waals surface area (Å²) in [5.41, 5.74) is 8.06. The van der Waals surface area contributed by atoms with E-state index >= 15 is 0 Å². The zero-order valence-corrected chi connectivity index (χ0v) is 14.2. The highest BCUT2D eigenvalue weighted by molar-refractivity contribution is 5.85. The molecule has 0 amide bonds. The third-order valence-electron chi connectivity index (χ3n) is 4.65. The summed E-state index contributed by atoms with van der Waals surface area (Å²) < 4.78 is 2.25. The third kappa shape index (κ3) is 2.52. The lowest BCUT2D eigenvalue weighted by molar-refractivity contribution is -0.659. The molecule has 3 rings (SSSR count). The van der Waals surface area contributed by atoms with E-state index in [1.165, 1.54) is 44.3 Å². The number of pyridine rings is 1. The van der Waals surface area contributed by atoms with Gasteiger partial charge in [0.2, 0.25) is 5.69 Å². The summed E-state index contributed by atoms with van der Waals surface area (Å²) in [4.78, 5) is 0. The van der Waals surface area contributed by atoms with Crippen LogP contribution in [-0.2, 0) is 13.5 Å².